The number of amides is 3. The van der Waals surface area contributed by atoms with Crippen molar-refractivity contribution < 1.29 is 24.3 Å². The maximum absolute atomic E-state index is 12.0. The summed E-state index contributed by atoms with van der Waals surface area (Å²) in [6.45, 7) is 0.603. The number of rotatable bonds is 17. The number of ketones is 1. The zero-order valence-corrected chi connectivity index (χ0v) is 20.0. The van der Waals surface area contributed by atoms with Gasteiger partial charge in [-0.1, -0.05) is 12.8 Å². The smallest absolute Gasteiger partial charge is 0.320 e. The predicted octanol–water partition coefficient (Wildman–Crippen LogP) is 0.867. The fourth-order valence-corrected chi connectivity index (χ4v) is 5.76. The van der Waals surface area contributed by atoms with Crippen LogP contribution in [-0.2, 0) is 14.4 Å². The van der Waals surface area contributed by atoms with E-state index in [1.807, 2.05) is 11.8 Å². The minimum Gasteiger partial charge on any atom is -0.480 e. The molecule has 2 fully saturated rings. The van der Waals surface area contributed by atoms with Crippen LogP contribution >= 0.6 is 11.8 Å². The van der Waals surface area contributed by atoms with E-state index in [1.54, 1.807) is 0 Å². The molecule has 1 unspecified atom stereocenters. The van der Waals surface area contributed by atoms with Gasteiger partial charge in [-0.3, -0.25) is 14.4 Å². The fourth-order valence-electron chi connectivity index (χ4n) is 4.22. The molecule has 0 aliphatic carbocycles. The number of carboxylic acid groups (broad SMARTS) is 1. The van der Waals surface area contributed by atoms with Gasteiger partial charge in [-0.25, -0.2) is 4.79 Å². The van der Waals surface area contributed by atoms with E-state index in [2.05, 4.69) is 16.0 Å². The second-order valence-corrected chi connectivity index (χ2v) is 10.2. The summed E-state index contributed by atoms with van der Waals surface area (Å²) in [5.41, 5.74) is 11.3. The van der Waals surface area contributed by atoms with Crippen LogP contribution in [0.1, 0.15) is 70.6 Å². The second-order valence-electron chi connectivity index (χ2n) is 8.98. The highest BCUT2D eigenvalue weighted by molar-refractivity contribution is 8.00. The monoisotopic (exact) mass is 485 g/mol. The summed E-state index contributed by atoms with van der Waals surface area (Å²) in [5.74, 6) is -0.0440. The second kappa shape index (κ2) is 14.4. The van der Waals surface area contributed by atoms with Crippen LogP contribution in [-0.4, -0.2) is 70.5 Å². The third kappa shape index (κ3) is 9.89. The van der Waals surface area contributed by atoms with Crippen LogP contribution in [0.25, 0.3) is 0 Å². The maximum atomic E-state index is 12.0. The van der Waals surface area contributed by atoms with Gasteiger partial charge in [0.05, 0.1) is 18.1 Å². The van der Waals surface area contributed by atoms with E-state index in [9.17, 15) is 19.2 Å². The summed E-state index contributed by atoms with van der Waals surface area (Å²) < 4.78 is 0. The van der Waals surface area contributed by atoms with Crippen molar-refractivity contribution >= 4 is 35.5 Å². The van der Waals surface area contributed by atoms with Gasteiger partial charge in [0.1, 0.15) is 11.8 Å². The van der Waals surface area contributed by atoms with Crippen molar-refractivity contribution in [3.8, 4) is 0 Å². The van der Waals surface area contributed by atoms with Gasteiger partial charge in [0.15, 0.2) is 0 Å². The number of fused-ring (bicyclic) bond motifs is 1. The first-order chi connectivity index (χ1) is 15.8. The quantitative estimate of drug-likeness (QED) is 0.130. The molecule has 8 N–H and O–H groups in total. The number of carboxylic acids is 1. The minimum atomic E-state index is -1.04. The van der Waals surface area contributed by atoms with Crippen LogP contribution in [0.2, 0.25) is 0 Å². The Hall–Kier alpha value is -1.85. The molecule has 0 saturated carbocycles. The van der Waals surface area contributed by atoms with E-state index >= 15 is 0 Å². The molecule has 2 saturated heterocycles. The van der Waals surface area contributed by atoms with Gasteiger partial charge in [0.25, 0.3) is 0 Å². The van der Waals surface area contributed by atoms with Crippen molar-refractivity contribution in [2.75, 3.05) is 12.3 Å². The first kappa shape index (κ1) is 27.4. The Morgan fingerprint density at radius 2 is 1.73 bits per heavy atom. The van der Waals surface area contributed by atoms with Crippen LogP contribution < -0.4 is 27.4 Å². The molecule has 0 aromatic heterocycles. The Labute approximate surface area is 199 Å². The highest BCUT2D eigenvalue weighted by Gasteiger charge is 2.42. The molecule has 11 heteroatoms. The van der Waals surface area contributed by atoms with Gasteiger partial charge in [0, 0.05) is 30.4 Å². The molecule has 33 heavy (non-hydrogen) atoms. The van der Waals surface area contributed by atoms with E-state index in [-0.39, 0.29) is 29.8 Å². The standard InChI is InChI=1S/C22H39N5O5S/c23-14(7-6-8-15(24)21(30)31)17(28)9-2-1-5-12-25-19(29)11-4-3-10-18-20-16(13-33-18)26-22(32)27-20/h14-16,18,20H,1-13,23-24H2,(H,25,29)(H,30,31)(H2,26,27,32)/t14?,15-,16-,18-,20-/m0/s1. The van der Waals surface area contributed by atoms with Crippen LogP contribution in [0.3, 0.4) is 0 Å². The van der Waals surface area contributed by atoms with Gasteiger partial charge in [0.2, 0.25) is 5.91 Å². The van der Waals surface area contributed by atoms with Crippen LogP contribution in [0.15, 0.2) is 0 Å². The average Bonchev–Trinajstić information content (AvgIpc) is 3.32. The van der Waals surface area contributed by atoms with Crippen molar-refractivity contribution in [1.82, 2.24) is 16.0 Å². The topological polar surface area (TPSA) is 177 Å². The molecule has 0 radical (unpaired) electrons. The van der Waals surface area contributed by atoms with Gasteiger partial charge in [-0.15, -0.1) is 0 Å². The van der Waals surface area contributed by atoms with Crippen molar-refractivity contribution in [2.45, 2.75) is 100 Å². The van der Waals surface area contributed by atoms with E-state index < -0.39 is 18.1 Å². The Kier molecular flexibility index (Phi) is 12.0. The third-order valence-corrected chi connectivity index (χ3v) is 7.77. The molecule has 2 rings (SSSR count). The first-order valence-electron chi connectivity index (χ1n) is 12.0. The average molecular weight is 486 g/mol. The minimum absolute atomic E-state index is 0.0115. The third-order valence-electron chi connectivity index (χ3n) is 6.26. The Bertz CT molecular complexity index is 680. The lowest BCUT2D eigenvalue weighted by Crippen LogP contribution is -2.36. The first-order valence-corrected chi connectivity index (χ1v) is 13.0. The van der Waals surface area contributed by atoms with Gasteiger partial charge < -0.3 is 32.5 Å². The number of urea groups is 1. The van der Waals surface area contributed by atoms with Gasteiger partial charge >= 0.3 is 12.0 Å². The SMILES string of the molecule is NC(CCC[C@H](N)C(=O)O)C(=O)CCCCCNC(=O)CCCC[C@@H]1SC[C@@H]2NC(=O)N[C@@H]21. The van der Waals surface area contributed by atoms with Crippen LogP contribution in [0.4, 0.5) is 4.79 Å². The van der Waals surface area contributed by atoms with E-state index in [0.717, 1.165) is 44.3 Å². The normalized spacial score (nSPS) is 23.3. The summed E-state index contributed by atoms with van der Waals surface area (Å²) in [6, 6.07) is -1.09. The molecule has 0 aromatic carbocycles. The molecule has 3 amide bonds. The number of carbonyl (C=O) groups is 4. The summed E-state index contributed by atoms with van der Waals surface area (Å²) in [6.07, 6.45) is 7.37. The summed E-state index contributed by atoms with van der Waals surface area (Å²) >= 11 is 1.89. The van der Waals surface area contributed by atoms with Crippen LogP contribution in [0, 0.1) is 0 Å². The summed E-state index contributed by atoms with van der Waals surface area (Å²) in [7, 11) is 0. The number of nitrogens with one attached hydrogen (secondary N) is 3. The van der Waals surface area contributed by atoms with Gasteiger partial charge in [-0.2, -0.15) is 11.8 Å². The molecule has 2 aliphatic heterocycles. The number of Topliss-reactive ketones (excluding diaryl/α,β-unsaturated/α-hetero) is 1. The van der Waals surface area contributed by atoms with Crippen molar-refractivity contribution in [3.05, 3.63) is 0 Å². The number of hydrogen-bond acceptors (Lipinski definition) is 7. The highest BCUT2D eigenvalue weighted by atomic mass is 32.2. The number of aliphatic carboxylic acids is 1. The van der Waals surface area contributed by atoms with Gasteiger partial charge in [-0.05, 0) is 44.9 Å². The predicted molar refractivity (Wildman–Crippen MR) is 128 cm³/mol. The molecule has 2 heterocycles. The number of nitrogens with two attached hydrogens (primary N) is 2. The molecule has 2 aliphatic rings. The number of hydrogen-bond donors (Lipinski definition) is 6. The summed E-state index contributed by atoms with van der Waals surface area (Å²) in [4.78, 5) is 46.1. The zero-order valence-electron chi connectivity index (χ0n) is 19.2. The van der Waals surface area contributed by atoms with Crippen molar-refractivity contribution in [2.24, 2.45) is 11.5 Å². The van der Waals surface area contributed by atoms with Crippen molar-refractivity contribution in [3.63, 3.8) is 0 Å². The van der Waals surface area contributed by atoms with E-state index in [4.69, 9.17) is 16.6 Å². The highest BCUT2D eigenvalue weighted by Crippen LogP contribution is 2.33. The zero-order chi connectivity index (χ0) is 24.2. The molecule has 0 spiro atoms. The fraction of sp³-hybridized carbons (Fsp3) is 0.818. The Balaban J connectivity index is 1.41. The number of thioether (sulfide) groups is 1. The molecular formula is C22H39N5O5S. The maximum Gasteiger partial charge on any atom is 0.320 e. The van der Waals surface area contributed by atoms with E-state index in [1.165, 1.54) is 0 Å². The lowest BCUT2D eigenvalue weighted by atomic mass is 10.00. The molecule has 5 atom stereocenters. The summed E-state index contributed by atoms with van der Waals surface area (Å²) in [5, 5.41) is 18.0. The Morgan fingerprint density at radius 3 is 2.48 bits per heavy atom. The molecule has 0 aromatic rings. The Morgan fingerprint density at radius 1 is 1.00 bits per heavy atom. The lowest BCUT2D eigenvalue weighted by Gasteiger charge is -2.16. The van der Waals surface area contributed by atoms with E-state index in [0.29, 0.717) is 43.9 Å². The van der Waals surface area contributed by atoms with Crippen molar-refractivity contribution in [1.29, 1.82) is 0 Å². The number of carbonyl (C=O) groups excluding carboxylic acids is 3. The molecule has 10 nitrogen and oxygen atoms in total. The molecular weight excluding hydrogens is 446 g/mol. The molecule has 0 bridgehead atoms. The number of unbranched alkanes of at least 4 members (excludes halogenated alkanes) is 3. The van der Waals surface area contributed by atoms with Crippen LogP contribution in [0.5, 0.6) is 0 Å². The largest absolute Gasteiger partial charge is 0.480 e. The molecule has 188 valence electrons. The lowest BCUT2D eigenvalue weighted by molar-refractivity contribution is -0.138.